The monoisotopic (exact) mass is 356 g/mol. The highest BCUT2D eigenvalue weighted by Crippen LogP contribution is 2.27. The third kappa shape index (κ3) is 5.65. The lowest BCUT2D eigenvalue weighted by molar-refractivity contribution is 0.354. The summed E-state index contributed by atoms with van der Waals surface area (Å²) in [6, 6.07) is 9.97. The molecule has 0 bridgehead atoms. The van der Waals surface area contributed by atoms with Crippen LogP contribution in [0.25, 0.3) is 0 Å². The molecule has 0 unspecified atom stereocenters. The molecular weight excluding hydrogens is 328 g/mol. The number of ether oxygens (including phenoxy) is 2. The van der Waals surface area contributed by atoms with E-state index in [0.717, 1.165) is 48.2 Å². The number of aliphatic imine (C=N–C) groups is 1. The van der Waals surface area contributed by atoms with Crippen LogP contribution in [0.3, 0.4) is 0 Å². The lowest BCUT2D eigenvalue weighted by Gasteiger charge is -2.13. The summed E-state index contributed by atoms with van der Waals surface area (Å²) in [6.07, 6.45) is 2.66. The number of methoxy groups -OCH3 is 2. The van der Waals surface area contributed by atoms with E-state index in [4.69, 9.17) is 9.47 Å². The molecule has 26 heavy (non-hydrogen) atoms. The van der Waals surface area contributed by atoms with Crippen LogP contribution in [0.4, 0.5) is 0 Å². The maximum absolute atomic E-state index is 5.35. The summed E-state index contributed by atoms with van der Waals surface area (Å²) < 4.78 is 10.6. The normalized spacial score (nSPS) is 11.2. The van der Waals surface area contributed by atoms with Gasteiger partial charge in [0.05, 0.1) is 26.5 Å². The molecule has 1 heterocycles. The van der Waals surface area contributed by atoms with Crippen molar-refractivity contribution in [3.8, 4) is 11.5 Å². The van der Waals surface area contributed by atoms with E-state index in [9.17, 15) is 0 Å². The van der Waals surface area contributed by atoms with Crippen LogP contribution in [-0.2, 0) is 13.0 Å². The molecule has 2 rings (SSSR count). The Bertz CT molecular complexity index is 732. The van der Waals surface area contributed by atoms with Crippen molar-refractivity contribution in [3.63, 3.8) is 0 Å². The molecule has 0 amide bonds. The average Bonchev–Trinajstić information content (AvgIpc) is 2.67. The first-order valence-corrected chi connectivity index (χ1v) is 8.81. The van der Waals surface area contributed by atoms with Crippen molar-refractivity contribution >= 4 is 5.96 Å². The van der Waals surface area contributed by atoms with Crippen LogP contribution in [0.1, 0.15) is 23.7 Å². The summed E-state index contributed by atoms with van der Waals surface area (Å²) >= 11 is 0. The van der Waals surface area contributed by atoms with Gasteiger partial charge in [-0.25, -0.2) is 4.99 Å². The number of rotatable bonds is 8. The predicted molar refractivity (Wildman–Crippen MR) is 105 cm³/mol. The average molecular weight is 356 g/mol. The molecule has 0 radical (unpaired) electrons. The van der Waals surface area contributed by atoms with E-state index in [-0.39, 0.29) is 0 Å². The number of aromatic nitrogens is 1. The van der Waals surface area contributed by atoms with Crippen molar-refractivity contribution in [1.29, 1.82) is 0 Å². The first-order valence-electron chi connectivity index (χ1n) is 8.81. The molecule has 1 aromatic heterocycles. The SMILES string of the molecule is CCNC(=NCc1ncccc1C)NCCc1ccc(OC)c(OC)c1. The molecule has 0 atom stereocenters. The molecule has 1 aromatic carbocycles. The Morgan fingerprint density at radius 3 is 2.62 bits per heavy atom. The van der Waals surface area contributed by atoms with E-state index in [1.807, 2.05) is 24.3 Å². The van der Waals surface area contributed by atoms with Crippen molar-refractivity contribution in [3.05, 3.63) is 53.3 Å². The zero-order chi connectivity index (χ0) is 18.8. The number of guanidine groups is 1. The standard InChI is InChI=1S/C20H28N4O2/c1-5-21-20(24-14-17-15(2)7-6-11-22-17)23-12-10-16-8-9-18(25-3)19(13-16)26-4/h6-9,11,13H,5,10,12,14H2,1-4H3,(H2,21,23,24). The number of benzene rings is 1. The van der Waals surface area contributed by atoms with Gasteiger partial charge in [0.15, 0.2) is 17.5 Å². The Morgan fingerprint density at radius 2 is 1.92 bits per heavy atom. The van der Waals surface area contributed by atoms with Gasteiger partial charge in [-0.15, -0.1) is 0 Å². The highest BCUT2D eigenvalue weighted by molar-refractivity contribution is 5.79. The smallest absolute Gasteiger partial charge is 0.191 e. The number of pyridine rings is 1. The van der Waals surface area contributed by atoms with Gasteiger partial charge in [-0.05, 0) is 49.6 Å². The summed E-state index contributed by atoms with van der Waals surface area (Å²) in [5.41, 5.74) is 3.31. The molecule has 0 aliphatic rings. The Kier molecular flexibility index (Phi) is 7.74. The van der Waals surface area contributed by atoms with Crippen molar-refractivity contribution < 1.29 is 9.47 Å². The fraction of sp³-hybridized carbons (Fsp3) is 0.400. The third-order valence-electron chi connectivity index (χ3n) is 4.00. The van der Waals surface area contributed by atoms with Crippen LogP contribution >= 0.6 is 0 Å². The van der Waals surface area contributed by atoms with Crippen LogP contribution < -0.4 is 20.1 Å². The second-order valence-corrected chi connectivity index (χ2v) is 5.83. The van der Waals surface area contributed by atoms with Gasteiger partial charge in [0, 0.05) is 19.3 Å². The van der Waals surface area contributed by atoms with Gasteiger partial charge in [0.2, 0.25) is 0 Å². The largest absolute Gasteiger partial charge is 0.493 e. The van der Waals surface area contributed by atoms with Crippen molar-refractivity contribution in [2.75, 3.05) is 27.3 Å². The van der Waals surface area contributed by atoms with Gasteiger partial charge in [-0.1, -0.05) is 12.1 Å². The zero-order valence-corrected chi connectivity index (χ0v) is 16.0. The number of hydrogen-bond donors (Lipinski definition) is 2. The molecule has 2 aromatic rings. The van der Waals surface area contributed by atoms with E-state index in [1.54, 1.807) is 20.4 Å². The molecule has 0 fully saturated rings. The minimum Gasteiger partial charge on any atom is -0.493 e. The Balaban J connectivity index is 1.94. The minimum absolute atomic E-state index is 0.554. The van der Waals surface area contributed by atoms with E-state index in [1.165, 1.54) is 5.56 Å². The van der Waals surface area contributed by atoms with Gasteiger partial charge in [0.25, 0.3) is 0 Å². The summed E-state index contributed by atoms with van der Waals surface area (Å²) in [4.78, 5) is 9.01. The van der Waals surface area contributed by atoms with Crippen LogP contribution in [0, 0.1) is 6.92 Å². The quantitative estimate of drug-likeness (QED) is 0.562. The predicted octanol–water partition coefficient (Wildman–Crippen LogP) is 2.71. The second-order valence-electron chi connectivity index (χ2n) is 5.83. The van der Waals surface area contributed by atoms with Crippen LogP contribution in [0.15, 0.2) is 41.5 Å². The van der Waals surface area contributed by atoms with Crippen molar-refractivity contribution in [2.24, 2.45) is 4.99 Å². The maximum Gasteiger partial charge on any atom is 0.191 e. The van der Waals surface area contributed by atoms with Crippen LogP contribution in [0.5, 0.6) is 11.5 Å². The van der Waals surface area contributed by atoms with Crippen molar-refractivity contribution in [1.82, 2.24) is 15.6 Å². The Hall–Kier alpha value is -2.76. The molecule has 0 saturated carbocycles. The maximum atomic E-state index is 5.35. The third-order valence-corrected chi connectivity index (χ3v) is 4.00. The Morgan fingerprint density at radius 1 is 1.12 bits per heavy atom. The fourth-order valence-electron chi connectivity index (χ4n) is 2.54. The van der Waals surface area contributed by atoms with Crippen LogP contribution in [-0.4, -0.2) is 38.3 Å². The van der Waals surface area contributed by atoms with Crippen molar-refractivity contribution in [2.45, 2.75) is 26.8 Å². The molecule has 2 N–H and O–H groups in total. The molecule has 6 nitrogen and oxygen atoms in total. The van der Waals surface area contributed by atoms with Gasteiger partial charge in [-0.3, -0.25) is 4.98 Å². The first kappa shape index (κ1) is 19.6. The van der Waals surface area contributed by atoms with Gasteiger partial charge in [0.1, 0.15) is 0 Å². The molecule has 0 aliphatic heterocycles. The van der Waals surface area contributed by atoms with Gasteiger partial charge >= 0.3 is 0 Å². The summed E-state index contributed by atoms with van der Waals surface area (Å²) in [5, 5.41) is 6.63. The summed E-state index contributed by atoms with van der Waals surface area (Å²) in [6.45, 7) is 6.23. The number of nitrogens with one attached hydrogen (secondary N) is 2. The lowest BCUT2D eigenvalue weighted by atomic mass is 10.1. The molecule has 140 valence electrons. The number of nitrogens with zero attached hydrogens (tertiary/aromatic N) is 2. The second kappa shape index (κ2) is 10.3. The summed E-state index contributed by atoms with van der Waals surface area (Å²) in [5.74, 6) is 2.28. The topological polar surface area (TPSA) is 67.8 Å². The number of hydrogen-bond acceptors (Lipinski definition) is 4. The minimum atomic E-state index is 0.554. The van der Waals surface area contributed by atoms with E-state index in [0.29, 0.717) is 6.54 Å². The highest BCUT2D eigenvalue weighted by Gasteiger charge is 2.05. The van der Waals surface area contributed by atoms with E-state index >= 15 is 0 Å². The summed E-state index contributed by atoms with van der Waals surface area (Å²) in [7, 11) is 3.29. The lowest BCUT2D eigenvalue weighted by Crippen LogP contribution is -2.38. The molecule has 0 aliphatic carbocycles. The fourth-order valence-corrected chi connectivity index (χ4v) is 2.54. The van der Waals surface area contributed by atoms with Crippen LogP contribution in [0.2, 0.25) is 0 Å². The highest BCUT2D eigenvalue weighted by atomic mass is 16.5. The number of aryl methyl sites for hydroxylation is 1. The van der Waals surface area contributed by atoms with E-state index < -0.39 is 0 Å². The molecule has 0 spiro atoms. The molecular formula is C20H28N4O2. The zero-order valence-electron chi connectivity index (χ0n) is 16.0. The molecule has 0 saturated heterocycles. The van der Waals surface area contributed by atoms with Gasteiger partial charge in [-0.2, -0.15) is 0 Å². The van der Waals surface area contributed by atoms with Gasteiger partial charge < -0.3 is 20.1 Å². The molecule has 6 heteroatoms. The van der Waals surface area contributed by atoms with E-state index in [2.05, 4.69) is 40.5 Å². The first-order chi connectivity index (χ1) is 12.7. The Labute approximate surface area is 155 Å².